The molecule has 254 valence electrons. The van der Waals surface area contributed by atoms with E-state index in [1.165, 1.54) is 26.0 Å². The van der Waals surface area contributed by atoms with Gasteiger partial charge in [-0.25, -0.2) is 4.39 Å². The average Bonchev–Trinajstić information content (AvgIpc) is 3.32. The fourth-order valence-electron chi connectivity index (χ4n) is 4.25. The van der Waals surface area contributed by atoms with Gasteiger partial charge in [0.15, 0.2) is 5.16 Å². The molecule has 0 fully saturated rings. The molecule has 11 heteroatoms. The van der Waals surface area contributed by atoms with Crippen LogP contribution in [0.25, 0.3) is 11.1 Å². The van der Waals surface area contributed by atoms with Crippen LogP contribution in [0.1, 0.15) is 79.8 Å². The Kier molecular flexibility index (Phi) is 5.86. The van der Waals surface area contributed by atoms with Crippen molar-refractivity contribution in [3.8, 4) is 11.1 Å². The van der Waals surface area contributed by atoms with Crippen molar-refractivity contribution in [2.24, 2.45) is 0 Å². The highest BCUT2D eigenvalue weighted by atomic mass is 32.2. The summed E-state index contributed by atoms with van der Waals surface area (Å²) in [7, 11) is 0. The van der Waals surface area contributed by atoms with E-state index < -0.39 is 155 Å². The van der Waals surface area contributed by atoms with Crippen LogP contribution in [-0.2, 0) is 42.5 Å². The number of hydrogen-bond acceptors (Lipinski definition) is 5. The van der Waals surface area contributed by atoms with E-state index in [0.717, 1.165) is 24.0 Å². The monoisotopic (exact) mass is 699 g/mol. The van der Waals surface area contributed by atoms with Crippen LogP contribution in [0.2, 0.25) is 0 Å². The number of benzene rings is 3. The van der Waals surface area contributed by atoms with Gasteiger partial charge in [0.2, 0.25) is 5.91 Å². The Morgan fingerprint density at radius 2 is 1.71 bits per heavy atom. The first-order valence-corrected chi connectivity index (χ1v) is 15.3. The number of carbonyl (C=O) groups is 1. The third kappa shape index (κ3) is 8.54. The number of likely N-dealkylation sites (N-methyl/N-ethyl adjacent to an activating group) is 1. The second kappa shape index (κ2) is 15.5. The summed E-state index contributed by atoms with van der Waals surface area (Å²) in [5, 5.41) is -0.928. The molecule has 1 amide bonds. The normalized spacial score (nSPS) is 22.6. The molecular formula is C37H40F4N4O2S. The van der Waals surface area contributed by atoms with Crippen LogP contribution in [0.15, 0.2) is 76.5 Å². The van der Waals surface area contributed by atoms with Gasteiger partial charge < -0.3 is 14.4 Å². The molecular weight excluding hydrogens is 640 g/mol. The standard InChI is InChI=1S/C37H40F4N4O2S/c1-4-43(5-2)19-20-44(22-26-9-13-28(14-10-26)29-15-18-32(25(3)21-29)37(39,40)41)34(46)23-45-33-8-6-7-31(33)35(47)42-36(45)48-24-27-11-16-30(38)17-12-27/h9-18,21H,4-8,19-20,22-24H2,1-3H3/i6D2,7D2,8D2,9D,10D,13D,14D,15D,18D,19D2,20D2,21D,23D2. The molecule has 4 aromatic rings. The molecule has 0 spiro atoms. The van der Waals surface area contributed by atoms with Crippen LogP contribution >= 0.6 is 11.8 Å². The number of alkyl halides is 3. The highest BCUT2D eigenvalue weighted by Crippen LogP contribution is 2.34. The molecule has 3 aromatic carbocycles. The van der Waals surface area contributed by atoms with Gasteiger partial charge in [0.05, 0.1) is 20.6 Å². The molecule has 0 N–H and O–H groups in total. The predicted octanol–water partition coefficient (Wildman–Crippen LogP) is 7.53. The molecule has 0 radical (unpaired) electrons. The van der Waals surface area contributed by atoms with Crippen molar-refractivity contribution in [2.75, 3.05) is 26.1 Å². The first-order chi connectivity index (χ1) is 30.4. The SMILES string of the molecule is [2H]c1c([2H])c(-c2c([2H])c([2H])c(C(F)(F)F)c(C)c2[2H])c([2H])c([2H])c1CN(C(=O)C([2H])([2H])n1c(SCc2ccc(F)cc2)nc(=O)c2c1C([2H])([2H])C([2H])([2H])C2([2H])[2H])C([2H])([2H])C([2H])([2H])N(CC)CC. The third-order valence-electron chi connectivity index (χ3n) is 6.80. The number of hydrogen-bond donors (Lipinski definition) is 0. The molecule has 48 heavy (non-hydrogen) atoms. The number of carbonyl (C=O) groups excluding carboxylic acids is 1. The quantitative estimate of drug-likeness (QED) is 0.0821. The lowest BCUT2D eigenvalue weighted by Gasteiger charge is -2.28. The van der Waals surface area contributed by atoms with E-state index in [4.69, 9.17) is 20.6 Å². The minimum Gasteiger partial charge on any atom is -0.336 e. The molecule has 0 unspecified atom stereocenters. The zero-order valence-electron chi connectivity index (χ0n) is 44.7. The Bertz CT molecular complexity index is 2660. The van der Waals surface area contributed by atoms with Crippen molar-refractivity contribution in [1.82, 2.24) is 19.4 Å². The number of amides is 1. The zero-order chi connectivity index (χ0) is 51.3. The summed E-state index contributed by atoms with van der Waals surface area (Å²) >= 11 is 0.402. The Morgan fingerprint density at radius 3 is 2.38 bits per heavy atom. The fourth-order valence-corrected chi connectivity index (χ4v) is 5.16. The van der Waals surface area contributed by atoms with E-state index in [-0.39, 0.29) is 33.9 Å². The van der Waals surface area contributed by atoms with Crippen LogP contribution in [0.3, 0.4) is 0 Å². The summed E-state index contributed by atoms with van der Waals surface area (Å²) in [5.41, 5.74) is -9.56. The third-order valence-corrected chi connectivity index (χ3v) is 7.81. The minimum atomic E-state index is -5.23. The molecule has 0 atom stereocenters. The highest BCUT2D eigenvalue weighted by molar-refractivity contribution is 7.98. The van der Waals surface area contributed by atoms with Crippen LogP contribution < -0.4 is 5.56 Å². The van der Waals surface area contributed by atoms with Gasteiger partial charge in [0.1, 0.15) is 12.3 Å². The van der Waals surface area contributed by atoms with Crippen molar-refractivity contribution in [1.29, 1.82) is 0 Å². The first kappa shape index (κ1) is 18.2. The minimum absolute atomic E-state index is 0.0219. The fraction of sp³-hybridized carbons (Fsp3) is 0.378. The van der Waals surface area contributed by atoms with Crippen LogP contribution in [0.4, 0.5) is 17.6 Å². The lowest BCUT2D eigenvalue weighted by molar-refractivity contribution is -0.138. The molecule has 0 bridgehead atoms. The molecule has 1 heterocycles. The lowest BCUT2D eigenvalue weighted by atomic mass is 9.98. The summed E-state index contributed by atoms with van der Waals surface area (Å²) in [5.74, 6) is -3.23. The van der Waals surface area contributed by atoms with Crippen molar-refractivity contribution in [3.05, 3.63) is 116 Å². The largest absolute Gasteiger partial charge is 0.416 e. The number of aromatic nitrogens is 2. The topological polar surface area (TPSA) is 58.4 Å². The van der Waals surface area contributed by atoms with E-state index in [2.05, 4.69) is 4.98 Å². The molecule has 5 rings (SSSR count). The average molecular weight is 700 g/mol. The van der Waals surface area contributed by atoms with Gasteiger partial charge in [0.25, 0.3) is 5.56 Å². The molecule has 1 aromatic heterocycles. The lowest BCUT2D eigenvalue weighted by Crippen LogP contribution is -2.40. The second-order valence-corrected chi connectivity index (χ2v) is 11.0. The van der Waals surface area contributed by atoms with Crippen molar-refractivity contribution in [2.45, 2.75) is 70.0 Å². The molecule has 0 saturated heterocycles. The van der Waals surface area contributed by atoms with E-state index in [1.54, 1.807) is 0 Å². The molecule has 0 aliphatic heterocycles. The van der Waals surface area contributed by atoms with Crippen LogP contribution in [0, 0.1) is 12.7 Å². The molecule has 1 aliphatic rings. The first-order valence-electron chi connectivity index (χ1n) is 23.8. The maximum absolute atomic E-state index is 15.2. The van der Waals surface area contributed by atoms with Gasteiger partial charge in [-0.2, -0.15) is 18.2 Å². The summed E-state index contributed by atoms with van der Waals surface area (Å²) in [6.07, 6.45) is -16.2. The maximum atomic E-state index is 15.2. The Balaban J connectivity index is 1.84. The molecule has 0 saturated carbocycles. The smallest absolute Gasteiger partial charge is 0.336 e. The Labute approximate surface area is 309 Å². The Hall–Kier alpha value is -3.96. The Morgan fingerprint density at radius 1 is 1.02 bits per heavy atom. The molecule has 1 aliphatic carbocycles. The second-order valence-electron chi connectivity index (χ2n) is 10.0. The van der Waals surface area contributed by atoms with Gasteiger partial charge in [0, 0.05) is 47.5 Å². The summed E-state index contributed by atoms with van der Waals surface area (Å²) in [4.78, 5) is 33.1. The number of thioether (sulfide) groups is 1. The zero-order valence-corrected chi connectivity index (χ0v) is 26.5. The number of rotatable bonds is 13. The summed E-state index contributed by atoms with van der Waals surface area (Å²) < 4.78 is 223. The van der Waals surface area contributed by atoms with E-state index in [0.29, 0.717) is 11.8 Å². The number of halogens is 4. The highest BCUT2D eigenvalue weighted by Gasteiger charge is 2.32. The van der Waals surface area contributed by atoms with Gasteiger partial charge in [-0.1, -0.05) is 74.0 Å². The van der Waals surface area contributed by atoms with Gasteiger partial charge in [-0.05, 0) is 85.1 Å². The van der Waals surface area contributed by atoms with Crippen molar-refractivity contribution >= 4 is 17.7 Å². The summed E-state index contributed by atoms with van der Waals surface area (Å²) in [6.45, 7) is -9.85. The summed E-state index contributed by atoms with van der Waals surface area (Å²) in [6, 6.07) is -4.13. The van der Waals surface area contributed by atoms with Crippen LogP contribution in [0.5, 0.6) is 0 Å². The predicted molar refractivity (Wildman–Crippen MR) is 181 cm³/mol. The van der Waals surface area contributed by atoms with E-state index >= 15 is 4.79 Å². The van der Waals surface area contributed by atoms with E-state index in [1.807, 2.05) is 0 Å². The van der Waals surface area contributed by atoms with Gasteiger partial charge >= 0.3 is 6.18 Å². The van der Waals surface area contributed by atoms with Gasteiger partial charge in [-0.15, -0.1) is 0 Å². The molecule has 6 nitrogen and oxygen atoms in total. The van der Waals surface area contributed by atoms with Gasteiger partial charge in [-0.3, -0.25) is 9.59 Å². The maximum Gasteiger partial charge on any atom is 0.416 e. The number of fused-ring (bicyclic) bond motifs is 1. The van der Waals surface area contributed by atoms with Crippen LogP contribution in [-0.4, -0.2) is 51.3 Å². The number of nitrogens with zero attached hydrogens (tertiary/aromatic N) is 4. The van der Waals surface area contributed by atoms with Crippen molar-refractivity contribution < 1.29 is 48.4 Å². The van der Waals surface area contributed by atoms with Crippen molar-refractivity contribution in [3.63, 3.8) is 0 Å². The van der Waals surface area contributed by atoms with E-state index in [9.17, 15) is 27.8 Å².